The van der Waals surface area contributed by atoms with Crippen molar-refractivity contribution in [1.29, 1.82) is 0 Å². The number of hydrogen-bond donors (Lipinski definition) is 0. The van der Waals surface area contributed by atoms with Gasteiger partial charge in [-0.15, -0.1) is 0 Å². The molecule has 2 heterocycles. The summed E-state index contributed by atoms with van der Waals surface area (Å²) in [6.07, 6.45) is 2.80. The van der Waals surface area contributed by atoms with Crippen LogP contribution in [0.25, 0.3) is 5.69 Å². The molecule has 0 N–H and O–H groups in total. The zero-order valence-corrected chi connectivity index (χ0v) is 11.9. The van der Waals surface area contributed by atoms with E-state index in [1.807, 2.05) is 0 Å². The Balaban J connectivity index is 1.75. The summed E-state index contributed by atoms with van der Waals surface area (Å²) in [5.41, 5.74) is 0.926. The minimum Gasteiger partial charge on any atom is -0.489 e. The van der Waals surface area contributed by atoms with Gasteiger partial charge in [-0.05, 0) is 35.9 Å². The lowest BCUT2D eigenvalue weighted by atomic mass is 10.2. The van der Waals surface area contributed by atoms with Crippen LogP contribution in [-0.2, 0) is 6.61 Å². The molecule has 0 saturated heterocycles. The van der Waals surface area contributed by atoms with Crippen LogP contribution < -0.4 is 10.3 Å². The van der Waals surface area contributed by atoms with E-state index in [9.17, 15) is 13.6 Å². The summed E-state index contributed by atoms with van der Waals surface area (Å²) in [6.45, 7) is 0.224. The van der Waals surface area contributed by atoms with Crippen LogP contribution in [0.2, 0.25) is 0 Å². The first kappa shape index (κ1) is 14.9. The number of halogens is 2. The molecular weight excluding hydrogens is 302 g/mol. The predicted octanol–water partition coefficient (Wildman–Crippen LogP) is 3.09. The molecule has 0 spiro atoms. The van der Waals surface area contributed by atoms with E-state index in [0.29, 0.717) is 11.4 Å². The van der Waals surface area contributed by atoms with Gasteiger partial charge in [-0.1, -0.05) is 12.1 Å². The van der Waals surface area contributed by atoms with E-state index in [-0.39, 0.29) is 18.0 Å². The highest BCUT2D eigenvalue weighted by Gasteiger charge is 2.03. The lowest BCUT2D eigenvalue weighted by Crippen LogP contribution is -2.17. The molecule has 3 rings (SSSR count). The summed E-state index contributed by atoms with van der Waals surface area (Å²) in [5.74, 6) is -0.532. The number of nitrogens with zero attached hydrogens (tertiary/aromatic N) is 2. The van der Waals surface area contributed by atoms with Crippen molar-refractivity contribution in [3.05, 3.63) is 88.6 Å². The maximum atomic E-state index is 12.8. The number of rotatable bonds is 4. The van der Waals surface area contributed by atoms with E-state index in [1.165, 1.54) is 47.3 Å². The summed E-state index contributed by atoms with van der Waals surface area (Å²) in [4.78, 5) is 15.6. The number of hydrogen-bond acceptors (Lipinski definition) is 3. The Hall–Kier alpha value is -3.02. The minimum atomic E-state index is -0.610. The third-order valence-electron chi connectivity index (χ3n) is 3.20. The van der Waals surface area contributed by atoms with Crippen molar-refractivity contribution >= 4 is 0 Å². The Kier molecular flexibility index (Phi) is 4.14. The van der Waals surface area contributed by atoms with Crippen molar-refractivity contribution in [2.45, 2.75) is 6.61 Å². The summed E-state index contributed by atoms with van der Waals surface area (Å²) in [5, 5.41) is 0. The van der Waals surface area contributed by atoms with Crippen LogP contribution in [0.3, 0.4) is 0 Å². The first-order valence-electron chi connectivity index (χ1n) is 6.84. The third kappa shape index (κ3) is 3.60. The first-order valence-corrected chi connectivity index (χ1v) is 6.84. The molecule has 0 aliphatic rings. The van der Waals surface area contributed by atoms with Gasteiger partial charge in [0.05, 0.1) is 11.9 Å². The maximum absolute atomic E-state index is 12.8. The molecule has 0 radical (unpaired) electrons. The molecule has 0 amide bonds. The molecule has 6 heteroatoms. The zero-order valence-electron chi connectivity index (χ0n) is 11.9. The highest BCUT2D eigenvalue weighted by molar-refractivity contribution is 5.31. The van der Waals surface area contributed by atoms with E-state index in [2.05, 4.69) is 4.98 Å². The molecule has 0 fully saturated rings. The smallest absolute Gasteiger partial charge is 0.258 e. The monoisotopic (exact) mass is 314 g/mol. The Morgan fingerprint density at radius 2 is 1.83 bits per heavy atom. The Bertz CT molecular complexity index is 859. The SMILES string of the molecule is O=c1cc(OCc2ccc(F)cc2)ccn1-c1ccc(F)nc1. The van der Waals surface area contributed by atoms with Crippen LogP contribution in [-0.4, -0.2) is 9.55 Å². The van der Waals surface area contributed by atoms with Crippen molar-refractivity contribution in [3.63, 3.8) is 0 Å². The van der Waals surface area contributed by atoms with Crippen LogP contribution in [0.5, 0.6) is 5.75 Å². The predicted molar refractivity (Wildman–Crippen MR) is 80.5 cm³/mol. The summed E-state index contributed by atoms with van der Waals surface area (Å²) >= 11 is 0. The Morgan fingerprint density at radius 3 is 2.48 bits per heavy atom. The molecule has 116 valence electrons. The second-order valence-corrected chi connectivity index (χ2v) is 4.82. The normalized spacial score (nSPS) is 10.5. The minimum absolute atomic E-state index is 0.224. The molecule has 0 saturated carbocycles. The molecule has 0 bridgehead atoms. The second-order valence-electron chi connectivity index (χ2n) is 4.82. The number of aromatic nitrogens is 2. The van der Waals surface area contributed by atoms with Crippen LogP contribution in [0.15, 0.2) is 65.7 Å². The number of benzene rings is 1. The standard InChI is InChI=1S/C17H12F2N2O2/c18-13-3-1-12(2-4-13)11-23-15-7-8-21(17(22)9-15)14-5-6-16(19)20-10-14/h1-10H,11H2. The van der Waals surface area contributed by atoms with Gasteiger partial charge >= 0.3 is 0 Å². The lowest BCUT2D eigenvalue weighted by molar-refractivity contribution is 0.305. The average Bonchev–Trinajstić information content (AvgIpc) is 2.55. The van der Waals surface area contributed by atoms with Crippen LogP contribution in [0, 0.1) is 11.8 Å². The number of pyridine rings is 2. The summed E-state index contributed by atoms with van der Waals surface area (Å²) < 4.78 is 32.5. The van der Waals surface area contributed by atoms with E-state index < -0.39 is 5.95 Å². The fourth-order valence-corrected chi connectivity index (χ4v) is 2.02. The summed E-state index contributed by atoms with van der Waals surface area (Å²) in [7, 11) is 0. The van der Waals surface area contributed by atoms with Crippen molar-refractivity contribution in [2.75, 3.05) is 0 Å². The highest BCUT2D eigenvalue weighted by atomic mass is 19.1. The molecule has 23 heavy (non-hydrogen) atoms. The van der Waals surface area contributed by atoms with E-state index in [0.717, 1.165) is 5.56 Å². The molecular formula is C17H12F2N2O2. The Labute approximate surface area is 130 Å². The first-order chi connectivity index (χ1) is 11.1. The highest BCUT2D eigenvalue weighted by Crippen LogP contribution is 2.12. The molecule has 3 aromatic rings. The third-order valence-corrected chi connectivity index (χ3v) is 3.20. The quantitative estimate of drug-likeness (QED) is 0.695. The fourth-order valence-electron chi connectivity index (χ4n) is 2.02. The molecule has 1 aromatic carbocycles. The van der Waals surface area contributed by atoms with Gasteiger partial charge in [-0.3, -0.25) is 9.36 Å². The van der Waals surface area contributed by atoms with Gasteiger partial charge in [-0.25, -0.2) is 9.37 Å². The molecule has 0 atom stereocenters. The van der Waals surface area contributed by atoms with E-state index in [4.69, 9.17) is 4.74 Å². The zero-order chi connectivity index (χ0) is 16.2. The second kappa shape index (κ2) is 6.39. The molecule has 0 aliphatic carbocycles. The topological polar surface area (TPSA) is 44.1 Å². The van der Waals surface area contributed by atoms with E-state index in [1.54, 1.807) is 18.2 Å². The van der Waals surface area contributed by atoms with Crippen LogP contribution >= 0.6 is 0 Å². The van der Waals surface area contributed by atoms with Crippen molar-refractivity contribution in [1.82, 2.24) is 9.55 Å². The Morgan fingerprint density at radius 1 is 1.04 bits per heavy atom. The fraction of sp³-hybridized carbons (Fsp3) is 0.0588. The largest absolute Gasteiger partial charge is 0.489 e. The summed E-state index contributed by atoms with van der Waals surface area (Å²) in [6, 6.07) is 11.5. The van der Waals surface area contributed by atoms with E-state index >= 15 is 0 Å². The van der Waals surface area contributed by atoms with Crippen molar-refractivity contribution < 1.29 is 13.5 Å². The number of ether oxygens (including phenoxy) is 1. The molecule has 0 unspecified atom stereocenters. The molecule has 0 aliphatic heterocycles. The molecule has 2 aromatic heterocycles. The van der Waals surface area contributed by atoms with Gasteiger partial charge < -0.3 is 4.74 Å². The van der Waals surface area contributed by atoms with Gasteiger partial charge in [0, 0.05) is 12.3 Å². The van der Waals surface area contributed by atoms with Gasteiger partial charge in [0.15, 0.2) is 0 Å². The van der Waals surface area contributed by atoms with Crippen molar-refractivity contribution in [3.8, 4) is 11.4 Å². The van der Waals surface area contributed by atoms with Crippen LogP contribution in [0.4, 0.5) is 8.78 Å². The van der Waals surface area contributed by atoms with Gasteiger partial charge in [0.25, 0.3) is 5.56 Å². The maximum Gasteiger partial charge on any atom is 0.258 e. The van der Waals surface area contributed by atoms with Gasteiger partial charge in [-0.2, -0.15) is 4.39 Å². The van der Waals surface area contributed by atoms with Gasteiger partial charge in [0.2, 0.25) is 5.95 Å². The van der Waals surface area contributed by atoms with Gasteiger partial charge in [0.1, 0.15) is 18.2 Å². The average molecular weight is 314 g/mol. The van der Waals surface area contributed by atoms with Crippen molar-refractivity contribution in [2.24, 2.45) is 0 Å². The lowest BCUT2D eigenvalue weighted by Gasteiger charge is -2.09. The van der Waals surface area contributed by atoms with Crippen LogP contribution in [0.1, 0.15) is 5.56 Å². The molecule has 4 nitrogen and oxygen atoms in total.